The van der Waals surface area contributed by atoms with Gasteiger partial charge in [-0.1, -0.05) is 63.1 Å². The molecule has 416 valence electrons. The fraction of sp³-hybridized carbons (Fsp3) is 0.647. The Morgan fingerprint density at radius 1 is 0.733 bits per heavy atom. The number of carbonyl (C=O) groups excluding carboxylic acids is 2. The molecule has 3 aromatic rings. The van der Waals surface area contributed by atoms with Gasteiger partial charge in [-0.2, -0.15) is 0 Å². The highest BCUT2D eigenvalue weighted by Gasteiger charge is 2.54. The molecule has 4 fully saturated rings. The third-order valence-corrected chi connectivity index (χ3v) is 14.1. The van der Waals surface area contributed by atoms with Gasteiger partial charge < -0.3 is 98.3 Å². The molecule has 0 radical (unpaired) electrons. The number of aliphatic carboxylic acids is 1. The van der Waals surface area contributed by atoms with Crippen molar-refractivity contribution < 1.29 is 107 Å². The molecule has 1 aromatic heterocycles. The van der Waals surface area contributed by atoms with Gasteiger partial charge in [-0.25, -0.2) is 14.4 Å². The molecule has 1 saturated carbocycles. The van der Waals surface area contributed by atoms with Crippen molar-refractivity contribution in [3.05, 3.63) is 82.2 Å². The zero-order chi connectivity index (χ0) is 54.1. The second kappa shape index (κ2) is 26.7. The number of hydrogen-bond donors (Lipinski definition) is 10. The Bertz CT molecular complexity index is 2380. The van der Waals surface area contributed by atoms with Crippen LogP contribution in [0.15, 0.2) is 69.9 Å². The molecule has 75 heavy (non-hydrogen) atoms. The van der Waals surface area contributed by atoms with Gasteiger partial charge in [0.2, 0.25) is 5.91 Å². The van der Waals surface area contributed by atoms with E-state index in [1.807, 2.05) is 0 Å². The van der Waals surface area contributed by atoms with Gasteiger partial charge in [-0.05, 0) is 56.4 Å². The van der Waals surface area contributed by atoms with Crippen LogP contribution in [-0.4, -0.2) is 201 Å². The number of fused-ring (bicyclic) bond motifs is 1. The number of benzene rings is 2. The van der Waals surface area contributed by atoms with Crippen LogP contribution in [0.25, 0.3) is 11.0 Å². The predicted octanol–water partition coefficient (Wildman–Crippen LogP) is -0.774. The monoisotopic (exact) mass is 1060 g/mol. The third-order valence-electron chi connectivity index (χ3n) is 14.1. The van der Waals surface area contributed by atoms with Crippen LogP contribution < -0.4 is 10.9 Å². The lowest BCUT2D eigenvalue weighted by Crippen LogP contribution is -2.64. The highest BCUT2D eigenvalue weighted by Crippen LogP contribution is 2.40. The summed E-state index contributed by atoms with van der Waals surface area (Å²) in [5.74, 6) is -4.28. The first-order valence-corrected chi connectivity index (χ1v) is 25.2. The Morgan fingerprint density at radius 3 is 2.09 bits per heavy atom. The molecular formula is C51H69NO23. The lowest BCUT2D eigenvalue weighted by molar-refractivity contribution is -0.349. The molecule has 1 aliphatic carbocycles. The molecule has 4 aliphatic rings. The number of nitrogens with one attached hydrogen (secondary N) is 1. The van der Waals surface area contributed by atoms with Gasteiger partial charge in [0, 0.05) is 17.8 Å². The summed E-state index contributed by atoms with van der Waals surface area (Å²) in [5.41, 5.74) is -0.164. The molecule has 10 N–H and O–H groups in total. The van der Waals surface area contributed by atoms with Crippen molar-refractivity contribution in [3.63, 3.8) is 0 Å². The zero-order valence-electron chi connectivity index (χ0n) is 41.6. The summed E-state index contributed by atoms with van der Waals surface area (Å²) in [6.07, 6.45) is -26.4. The summed E-state index contributed by atoms with van der Waals surface area (Å²) in [6.45, 7) is 2.65. The second-order valence-corrected chi connectivity index (χ2v) is 19.2. The number of ether oxygens (including phenoxy) is 9. The summed E-state index contributed by atoms with van der Waals surface area (Å²) < 4.78 is 59.6. The molecule has 2 aromatic carbocycles. The number of para-hydroxylation sites is 1. The van der Waals surface area contributed by atoms with E-state index in [0.717, 1.165) is 0 Å². The van der Waals surface area contributed by atoms with Crippen LogP contribution in [0.4, 0.5) is 0 Å². The van der Waals surface area contributed by atoms with Gasteiger partial charge in [0.1, 0.15) is 66.6 Å². The minimum atomic E-state index is -1.76. The van der Waals surface area contributed by atoms with Crippen LogP contribution >= 0.6 is 0 Å². The summed E-state index contributed by atoms with van der Waals surface area (Å²) in [5, 5.41) is 100.0. The van der Waals surface area contributed by atoms with Gasteiger partial charge in [-0.3, -0.25) is 4.79 Å². The van der Waals surface area contributed by atoms with Gasteiger partial charge in [0.25, 0.3) is 0 Å². The zero-order valence-corrected chi connectivity index (χ0v) is 41.6. The lowest BCUT2D eigenvalue weighted by Gasteiger charge is -2.48. The number of aliphatic hydroxyl groups excluding tert-OH is 8. The van der Waals surface area contributed by atoms with E-state index < -0.39 is 159 Å². The number of esters is 1. The number of rotatable bonds is 22. The molecule has 7 rings (SSSR count). The Balaban J connectivity index is 1.09. The average Bonchev–Trinajstić information content (AvgIpc) is 3.40. The number of hydrogen-bond acceptors (Lipinski definition) is 22. The van der Waals surface area contributed by atoms with Crippen LogP contribution in [-0.2, 0) is 58.8 Å². The van der Waals surface area contributed by atoms with E-state index in [9.17, 15) is 65.1 Å². The minimum absolute atomic E-state index is 0.0150. The van der Waals surface area contributed by atoms with Crippen LogP contribution in [0.5, 0.6) is 0 Å². The van der Waals surface area contributed by atoms with Crippen molar-refractivity contribution in [3.8, 4) is 0 Å². The largest absolute Gasteiger partial charge is 0.479 e. The van der Waals surface area contributed by atoms with Gasteiger partial charge >= 0.3 is 17.6 Å². The first kappa shape index (κ1) is 58.1. The quantitative estimate of drug-likeness (QED) is 0.0335. The predicted molar refractivity (Wildman–Crippen MR) is 255 cm³/mol. The molecule has 3 saturated heterocycles. The molecule has 12 unspecified atom stereocenters. The maximum atomic E-state index is 14.2. The molecule has 24 nitrogen and oxygen atoms in total. The minimum Gasteiger partial charge on any atom is -0.479 e. The summed E-state index contributed by atoms with van der Waals surface area (Å²) in [4.78, 5) is 53.0. The standard InChI is InChI=1S/C51H69NO23/c1-4-11-31(46(62)63)69-43-37(57)34(22-54)73-51(44(43)74-47(64)26-12-7-6-8-13-26)71-32-20-28(18-25(5-2)41(32)75-50-39(59)38(58)35(55)24(3)68-50)45(61)52-16-17-66-49-40(60)42(36(56)33(21-53)72-49)67-23-29-19-27-14-9-10-15-30(27)70-48(29)65/h6-10,12-15,19,24-25,28,31-44,49-51,53-60H,4-5,11,16-18,20-23H2,1-3H3,(H,52,61)(H,62,63)/t24?,25?,28?,31-,32+,33?,34?,35+,36+,37-,38?,39?,40?,41?,42?,43?,44?,49-,50-,51+/m0/s1. The Morgan fingerprint density at radius 2 is 1.41 bits per heavy atom. The van der Waals surface area contributed by atoms with Gasteiger partial charge in [0.15, 0.2) is 31.1 Å². The van der Waals surface area contributed by atoms with E-state index in [-0.39, 0.29) is 50.1 Å². The fourth-order valence-electron chi connectivity index (χ4n) is 9.88. The molecule has 1 amide bonds. The van der Waals surface area contributed by atoms with Crippen molar-refractivity contribution in [2.45, 2.75) is 170 Å². The average molecular weight is 1060 g/mol. The summed E-state index contributed by atoms with van der Waals surface area (Å²) >= 11 is 0. The van der Waals surface area contributed by atoms with E-state index in [1.54, 1.807) is 62.4 Å². The highest BCUT2D eigenvalue weighted by molar-refractivity contribution is 5.89. The third kappa shape index (κ3) is 13.8. The van der Waals surface area contributed by atoms with Gasteiger partial charge in [0.05, 0.1) is 55.9 Å². The van der Waals surface area contributed by atoms with Crippen LogP contribution in [0, 0.1) is 11.8 Å². The summed E-state index contributed by atoms with van der Waals surface area (Å²) in [7, 11) is 0. The highest BCUT2D eigenvalue weighted by atomic mass is 16.8. The molecule has 0 bridgehead atoms. The van der Waals surface area contributed by atoms with Crippen molar-refractivity contribution in [2.24, 2.45) is 11.8 Å². The SMILES string of the molecule is CCC[C@H](OC1C(OC(=O)c2ccccc2)[C@H](O[C@@H]2CC(C(=O)NCCO[C@H]3OC(CO)[C@@H](O)C(OCc4cc5ccccc5oc4=O)C3O)CC(CC)C2O[C@@H]2OC(C)[C@@H](O)C(O)C2O)OC(CO)[C@@H]1O)C(=O)O. The fourth-order valence-corrected chi connectivity index (χ4v) is 9.88. The molecular weight excluding hydrogens is 995 g/mol. The molecule has 3 aliphatic heterocycles. The van der Waals surface area contributed by atoms with Crippen LogP contribution in [0.3, 0.4) is 0 Å². The van der Waals surface area contributed by atoms with Crippen LogP contribution in [0.2, 0.25) is 0 Å². The first-order chi connectivity index (χ1) is 36.0. The van der Waals surface area contributed by atoms with Crippen molar-refractivity contribution in [2.75, 3.05) is 26.4 Å². The Labute approximate surface area is 430 Å². The van der Waals surface area contributed by atoms with E-state index >= 15 is 0 Å². The lowest BCUT2D eigenvalue weighted by atomic mass is 9.75. The van der Waals surface area contributed by atoms with E-state index in [4.69, 9.17) is 47.0 Å². The van der Waals surface area contributed by atoms with Crippen molar-refractivity contribution in [1.82, 2.24) is 5.32 Å². The molecule has 20 atom stereocenters. The first-order valence-electron chi connectivity index (χ1n) is 25.2. The smallest absolute Gasteiger partial charge is 0.341 e. The van der Waals surface area contributed by atoms with Crippen molar-refractivity contribution in [1.29, 1.82) is 0 Å². The number of amides is 1. The number of carboxylic acid groups (broad SMARTS) is 1. The number of carbonyl (C=O) groups is 3. The van der Waals surface area contributed by atoms with Crippen LogP contribution in [0.1, 0.15) is 68.8 Å². The van der Waals surface area contributed by atoms with E-state index in [1.165, 1.54) is 19.1 Å². The Kier molecular flexibility index (Phi) is 20.7. The Hall–Kier alpha value is -4.58. The van der Waals surface area contributed by atoms with E-state index in [0.29, 0.717) is 23.8 Å². The normalized spacial score (nSPS) is 35.6. The molecule has 24 heteroatoms. The number of aliphatic hydroxyl groups is 8. The molecule has 0 spiro atoms. The van der Waals surface area contributed by atoms with E-state index in [2.05, 4.69) is 5.32 Å². The maximum absolute atomic E-state index is 14.2. The van der Waals surface area contributed by atoms with Crippen molar-refractivity contribution >= 4 is 28.8 Å². The van der Waals surface area contributed by atoms with Gasteiger partial charge in [-0.15, -0.1) is 0 Å². The maximum Gasteiger partial charge on any atom is 0.341 e. The molecule has 4 heterocycles. The second-order valence-electron chi connectivity index (χ2n) is 19.2. The summed E-state index contributed by atoms with van der Waals surface area (Å²) in [6, 6.07) is 16.1. The topological polar surface area (TPSA) is 359 Å². The number of carboxylic acids is 1.